The molecule has 2 saturated carbocycles. The molecule has 0 spiro atoms. The molecule has 1 aliphatic heterocycles. The van der Waals surface area contributed by atoms with E-state index in [0.29, 0.717) is 5.92 Å². The van der Waals surface area contributed by atoms with Gasteiger partial charge in [0.15, 0.2) is 15.9 Å². The Bertz CT molecular complexity index is 869. The molecule has 30 heavy (non-hydrogen) atoms. The van der Waals surface area contributed by atoms with Crippen molar-refractivity contribution in [2.75, 3.05) is 18.6 Å². The van der Waals surface area contributed by atoms with Crippen molar-refractivity contribution in [3.63, 3.8) is 0 Å². The molecule has 3 fully saturated rings. The van der Waals surface area contributed by atoms with Gasteiger partial charge in [-0.2, -0.15) is 0 Å². The zero-order chi connectivity index (χ0) is 22.7. The lowest BCUT2D eigenvalue weighted by Crippen LogP contribution is -2.42. The zero-order valence-corrected chi connectivity index (χ0v) is 20.0. The van der Waals surface area contributed by atoms with Crippen molar-refractivity contribution in [2.45, 2.75) is 72.4 Å². The molecular weight excluding hydrogens is 406 g/mol. The third kappa shape index (κ3) is 3.92. The number of esters is 2. The van der Waals surface area contributed by atoms with Crippen LogP contribution in [0.25, 0.3) is 0 Å². The number of hydrogen-bond acceptors (Lipinski definition) is 7. The summed E-state index contributed by atoms with van der Waals surface area (Å²) in [5, 5.41) is 0. The van der Waals surface area contributed by atoms with Crippen LogP contribution in [0.5, 0.6) is 0 Å². The Morgan fingerprint density at radius 1 is 1.17 bits per heavy atom. The summed E-state index contributed by atoms with van der Waals surface area (Å²) in [6.07, 6.45) is 2.92. The van der Waals surface area contributed by atoms with Gasteiger partial charge in [0.05, 0.1) is 24.5 Å². The molecule has 8 heteroatoms. The van der Waals surface area contributed by atoms with Crippen molar-refractivity contribution in [3.05, 3.63) is 0 Å². The second-order valence-electron chi connectivity index (χ2n) is 10.9. The smallest absolute Gasteiger partial charge is 0.331 e. The summed E-state index contributed by atoms with van der Waals surface area (Å²) in [4.78, 5) is 30.5. The first kappa shape index (κ1) is 23.2. The molecule has 0 amide bonds. The molecule has 2 aliphatic carbocycles. The minimum absolute atomic E-state index is 0.0633. The van der Waals surface area contributed by atoms with Gasteiger partial charge in [-0.15, -0.1) is 0 Å². The Morgan fingerprint density at radius 2 is 1.80 bits per heavy atom. The summed E-state index contributed by atoms with van der Waals surface area (Å²) in [6, 6.07) is -1.03. The van der Waals surface area contributed by atoms with E-state index in [2.05, 4.69) is 20.8 Å². The van der Waals surface area contributed by atoms with Crippen LogP contribution >= 0.6 is 0 Å². The highest BCUT2D eigenvalue weighted by atomic mass is 32.2. The number of methoxy groups -OCH3 is 1. The van der Waals surface area contributed by atoms with Gasteiger partial charge >= 0.3 is 11.9 Å². The topological polar surface area (TPSA) is 99.1 Å². The number of aliphatic imine (C=N–C) groups is 1. The largest absolute Gasteiger partial charge is 0.469 e. The maximum atomic E-state index is 13.2. The fraction of sp³-hybridized carbons (Fsp3) is 0.864. The molecule has 1 heterocycles. The normalized spacial score (nSPS) is 36.6. The molecule has 3 unspecified atom stereocenters. The van der Waals surface area contributed by atoms with Gasteiger partial charge in [0.2, 0.25) is 0 Å². The van der Waals surface area contributed by atoms with Gasteiger partial charge in [0, 0.05) is 17.0 Å². The first-order valence-electron chi connectivity index (χ1n) is 10.7. The van der Waals surface area contributed by atoms with Crippen molar-refractivity contribution < 1.29 is 27.5 Å². The second kappa shape index (κ2) is 7.31. The van der Waals surface area contributed by atoms with E-state index in [4.69, 9.17) is 14.5 Å². The van der Waals surface area contributed by atoms with E-state index in [1.165, 1.54) is 7.11 Å². The Balaban J connectivity index is 2.04. The van der Waals surface area contributed by atoms with Gasteiger partial charge in [0.1, 0.15) is 5.60 Å². The molecule has 1 saturated heterocycles. The standard InChI is InChI=1S/C22H35NO6S/c1-20(2,3)29-19(25)17(14-11-30(26,27)12-15(14)18(24)28-7)23-16-10-13-8-9-22(16,6)21(13,4)5/h13-15,17H,8-12H2,1-7H3/b23-16-/t13?,14?,15-,17+,22?/m1/s1. The molecule has 2 bridgehead atoms. The number of ether oxygens (including phenoxy) is 2. The van der Waals surface area contributed by atoms with E-state index in [-0.39, 0.29) is 22.3 Å². The van der Waals surface area contributed by atoms with E-state index in [0.717, 1.165) is 25.0 Å². The molecule has 0 aromatic carbocycles. The Kier molecular flexibility index (Phi) is 5.66. The summed E-state index contributed by atoms with van der Waals surface area (Å²) in [5.41, 5.74) is 0.128. The monoisotopic (exact) mass is 441 g/mol. The molecule has 170 valence electrons. The van der Waals surface area contributed by atoms with Crippen LogP contribution in [0.2, 0.25) is 0 Å². The molecule has 3 rings (SSSR count). The number of rotatable bonds is 4. The van der Waals surface area contributed by atoms with Crippen LogP contribution in [0.4, 0.5) is 0 Å². The summed E-state index contributed by atoms with van der Waals surface area (Å²) in [6.45, 7) is 12.0. The van der Waals surface area contributed by atoms with E-state index in [9.17, 15) is 18.0 Å². The van der Waals surface area contributed by atoms with Crippen LogP contribution in [0, 0.1) is 28.6 Å². The summed E-state index contributed by atoms with van der Waals surface area (Å²) < 4.78 is 35.3. The van der Waals surface area contributed by atoms with Crippen LogP contribution in [-0.2, 0) is 28.9 Å². The van der Waals surface area contributed by atoms with E-state index >= 15 is 0 Å². The van der Waals surface area contributed by atoms with Crippen molar-refractivity contribution in [2.24, 2.45) is 33.6 Å². The van der Waals surface area contributed by atoms with Crippen molar-refractivity contribution in [3.8, 4) is 0 Å². The lowest BCUT2D eigenvalue weighted by molar-refractivity contribution is -0.158. The minimum Gasteiger partial charge on any atom is -0.469 e. The fourth-order valence-electron chi connectivity index (χ4n) is 5.56. The summed E-state index contributed by atoms with van der Waals surface area (Å²) >= 11 is 0. The summed E-state index contributed by atoms with van der Waals surface area (Å²) in [5.74, 6) is -2.98. The predicted molar refractivity (Wildman–Crippen MR) is 114 cm³/mol. The summed E-state index contributed by atoms with van der Waals surface area (Å²) in [7, 11) is -2.25. The Morgan fingerprint density at radius 3 is 2.27 bits per heavy atom. The number of sulfone groups is 1. The highest BCUT2D eigenvalue weighted by molar-refractivity contribution is 7.91. The third-order valence-corrected chi connectivity index (χ3v) is 9.52. The zero-order valence-electron chi connectivity index (χ0n) is 19.1. The molecular formula is C22H35NO6S. The second-order valence-corrected chi connectivity index (χ2v) is 13.1. The molecule has 0 radical (unpaired) electrons. The average molecular weight is 442 g/mol. The van der Waals surface area contributed by atoms with E-state index < -0.39 is 45.3 Å². The van der Waals surface area contributed by atoms with Crippen LogP contribution in [0.3, 0.4) is 0 Å². The number of nitrogens with zero attached hydrogens (tertiary/aromatic N) is 1. The highest BCUT2D eigenvalue weighted by Gasteiger charge is 2.60. The fourth-order valence-corrected chi connectivity index (χ4v) is 7.62. The SMILES string of the molecule is COC(=O)[C@@H]1CS(=O)(=O)CC1[C@H](/N=C1/CC2CCC1(C)C2(C)C)C(=O)OC(C)(C)C. The third-order valence-electron chi connectivity index (χ3n) is 7.76. The number of carbonyl (C=O) groups excluding carboxylic acids is 2. The highest BCUT2D eigenvalue weighted by Crippen LogP contribution is 2.64. The van der Waals surface area contributed by atoms with Crippen LogP contribution in [0.15, 0.2) is 4.99 Å². The van der Waals surface area contributed by atoms with Gasteiger partial charge in [0.25, 0.3) is 0 Å². The quantitative estimate of drug-likeness (QED) is 0.622. The number of fused-ring (bicyclic) bond motifs is 2. The lowest BCUT2D eigenvalue weighted by Gasteiger charge is -2.35. The van der Waals surface area contributed by atoms with Crippen LogP contribution in [0.1, 0.15) is 60.8 Å². The van der Waals surface area contributed by atoms with Gasteiger partial charge < -0.3 is 9.47 Å². The van der Waals surface area contributed by atoms with Crippen LogP contribution in [-0.4, -0.2) is 56.3 Å². The maximum absolute atomic E-state index is 13.2. The van der Waals surface area contributed by atoms with Crippen LogP contribution < -0.4 is 0 Å². The molecule has 0 aromatic rings. The molecule has 0 aromatic heterocycles. The minimum atomic E-state index is -3.48. The van der Waals surface area contributed by atoms with Gasteiger partial charge in [-0.1, -0.05) is 20.8 Å². The Hall–Kier alpha value is -1.44. The van der Waals surface area contributed by atoms with Crippen molar-refractivity contribution in [1.82, 2.24) is 0 Å². The molecule has 0 N–H and O–H groups in total. The molecule has 3 aliphatic rings. The van der Waals surface area contributed by atoms with Crippen molar-refractivity contribution >= 4 is 27.5 Å². The molecule has 7 nitrogen and oxygen atoms in total. The van der Waals surface area contributed by atoms with Gasteiger partial charge in [-0.25, -0.2) is 13.2 Å². The van der Waals surface area contributed by atoms with E-state index in [1.807, 2.05) is 0 Å². The van der Waals surface area contributed by atoms with E-state index in [1.54, 1.807) is 20.8 Å². The Labute approximate surface area is 179 Å². The first-order chi connectivity index (χ1) is 13.6. The van der Waals surface area contributed by atoms with Gasteiger partial charge in [-0.3, -0.25) is 9.79 Å². The van der Waals surface area contributed by atoms with Gasteiger partial charge in [-0.05, 0) is 51.4 Å². The number of carbonyl (C=O) groups is 2. The first-order valence-corrected chi connectivity index (χ1v) is 12.5. The molecule has 5 atom stereocenters. The number of hydrogen-bond donors (Lipinski definition) is 0. The maximum Gasteiger partial charge on any atom is 0.331 e. The lowest BCUT2D eigenvalue weighted by atomic mass is 9.70. The average Bonchev–Trinajstić information content (AvgIpc) is 3.10. The van der Waals surface area contributed by atoms with Crippen molar-refractivity contribution in [1.29, 1.82) is 0 Å². The predicted octanol–water partition coefficient (Wildman–Crippen LogP) is 2.82.